The molecule has 21 heavy (non-hydrogen) atoms. The van der Waals surface area contributed by atoms with Gasteiger partial charge in [0.25, 0.3) is 0 Å². The lowest BCUT2D eigenvalue weighted by molar-refractivity contribution is -0.139. The van der Waals surface area contributed by atoms with Crippen molar-refractivity contribution in [3.8, 4) is 0 Å². The molecule has 0 aromatic carbocycles. The van der Waals surface area contributed by atoms with Gasteiger partial charge in [-0.05, 0) is 44.9 Å². The predicted octanol–water partition coefficient (Wildman–Crippen LogP) is 2.86. The van der Waals surface area contributed by atoms with Crippen molar-refractivity contribution in [3.05, 3.63) is 0 Å². The van der Waals surface area contributed by atoms with Crippen LogP contribution in [-0.4, -0.2) is 17.4 Å². The molecule has 4 nitrogen and oxygen atoms in total. The van der Waals surface area contributed by atoms with Gasteiger partial charge in [-0.2, -0.15) is 0 Å². The molecule has 2 unspecified atom stereocenters. The van der Waals surface area contributed by atoms with Crippen molar-refractivity contribution in [1.82, 2.24) is 5.32 Å². The van der Waals surface area contributed by atoms with Gasteiger partial charge in [-0.25, -0.2) is 0 Å². The standard InChI is InChI=1S/C17H32N2O2/c1-16(2,3)13(15(21)19-17(4,5)6)12(14(18)20)10-9-11-7-8-11/h11-13H,7-10H2,1-6H3,(H2,18,20)(H,19,21). The van der Waals surface area contributed by atoms with E-state index in [4.69, 9.17) is 5.73 Å². The minimum atomic E-state index is -0.382. The average molecular weight is 296 g/mol. The zero-order chi connectivity index (χ0) is 16.4. The second-order valence-electron chi connectivity index (χ2n) is 8.61. The Labute approximate surface area is 129 Å². The Morgan fingerprint density at radius 3 is 2.00 bits per heavy atom. The van der Waals surface area contributed by atoms with Gasteiger partial charge >= 0.3 is 0 Å². The molecule has 4 heteroatoms. The first-order chi connectivity index (χ1) is 9.42. The highest BCUT2D eigenvalue weighted by Crippen LogP contribution is 2.39. The minimum absolute atomic E-state index is 0.0606. The van der Waals surface area contributed by atoms with Crippen molar-refractivity contribution in [2.24, 2.45) is 28.9 Å². The molecule has 0 aromatic rings. The van der Waals surface area contributed by atoms with Crippen molar-refractivity contribution < 1.29 is 9.59 Å². The second kappa shape index (κ2) is 6.37. The van der Waals surface area contributed by atoms with Gasteiger partial charge in [0.15, 0.2) is 0 Å². The molecule has 2 amide bonds. The first-order valence-corrected chi connectivity index (χ1v) is 8.03. The van der Waals surface area contributed by atoms with Crippen LogP contribution in [0.3, 0.4) is 0 Å². The summed E-state index contributed by atoms with van der Waals surface area (Å²) in [5.74, 6) is -0.437. The Morgan fingerprint density at radius 1 is 1.14 bits per heavy atom. The van der Waals surface area contributed by atoms with E-state index in [0.29, 0.717) is 0 Å². The summed E-state index contributed by atoms with van der Waals surface area (Å²) in [6.45, 7) is 11.9. The summed E-state index contributed by atoms with van der Waals surface area (Å²) in [5.41, 5.74) is 5.02. The maximum Gasteiger partial charge on any atom is 0.224 e. The minimum Gasteiger partial charge on any atom is -0.369 e. The topological polar surface area (TPSA) is 72.2 Å². The molecule has 0 radical (unpaired) electrons. The van der Waals surface area contributed by atoms with Crippen LogP contribution < -0.4 is 11.1 Å². The Hall–Kier alpha value is -1.06. The van der Waals surface area contributed by atoms with Crippen LogP contribution in [0.5, 0.6) is 0 Å². The van der Waals surface area contributed by atoms with Crippen LogP contribution in [0, 0.1) is 23.2 Å². The van der Waals surface area contributed by atoms with E-state index in [9.17, 15) is 9.59 Å². The number of hydrogen-bond donors (Lipinski definition) is 2. The molecule has 1 rings (SSSR count). The van der Waals surface area contributed by atoms with Crippen molar-refractivity contribution >= 4 is 11.8 Å². The molecule has 0 spiro atoms. The van der Waals surface area contributed by atoms with Crippen LogP contribution in [0.2, 0.25) is 0 Å². The fourth-order valence-electron chi connectivity index (χ4n) is 2.92. The first-order valence-electron chi connectivity index (χ1n) is 8.03. The van der Waals surface area contributed by atoms with Gasteiger partial charge in [-0.1, -0.05) is 33.6 Å². The molecular formula is C17H32N2O2. The molecule has 0 heterocycles. The lowest BCUT2D eigenvalue weighted by Crippen LogP contribution is -2.51. The molecule has 0 saturated heterocycles. The number of amides is 2. The molecule has 1 saturated carbocycles. The van der Waals surface area contributed by atoms with Crippen molar-refractivity contribution in [2.45, 2.75) is 72.8 Å². The van der Waals surface area contributed by atoms with E-state index in [1.165, 1.54) is 12.8 Å². The van der Waals surface area contributed by atoms with Gasteiger partial charge in [0.1, 0.15) is 0 Å². The third kappa shape index (κ3) is 6.06. The van der Waals surface area contributed by atoms with E-state index in [0.717, 1.165) is 18.8 Å². The van der Waals surface area contributed by atoms with E-state index in [-0.39, 0.29) is 34.6 Å². The van der Waals surface area contributed by atoms with E-state index >= 15 is 0 Å². The zero-order valence-electron chi connectivity index (χ0n) is 14.5. The number of nitrogens with one attached hydrogen (secondary N) is 1. The Kier molecular flexibility index (Phi) is 5.46. The van der Waals surface area contributed by atoms with Crippen molar-refractivity contribution in [3.63, 3.8) is 0 Å². The number of carbonyl (C=O) groups excluding carboxylic acids is 2. The van der Waals surface area contributed by atoms with Crippen LogP contribution in [0.15, 0.2) is 0 Å². The van der Waals surface area contributed by atoms with Gasteiger partial charge in [0, 0.05) is 11.5 Å². The van der Waals surface area contributed by atoms with Crippen LogP contribution in [-0.2, 0) is 9.59 Å². The van der Waals surface area contributed by atoms with Crippen LogP contribution in [0.1, 0.15) is 67.2 Å². The molecule has 2 atom stereocenters. The molecule has 0 aliphatic heterocycles. The summed E-state index contributed by atoms with van der Waals surface area (Å²) in [5, 5.41) is 3.02. The fourth-order valence-corrected chi connectivity index (χ4v) is 2.92. The molecule has 1 fully saturated rings. The van der Waals surface area contributed by atoms with Gasteiger partial charge in [-0.15, -0.1) is 0 Å². The highest BCUT2D eigenvalue weighted by Gasteiger charge is 2.42. The molecule has 1 aliphatic carbocycles. The van der Waals surface area contributed by atoms with E-state index in [2.05, 4.69) is 5.32 Å². The normalized spacial score (nSPS) is 19.0. The lowest BCUT2D eigenvalue weighted by Gasteiger charge is -2.36. The number of rotatable bonds is 6. The highest BCUT2D eigenvalue weighted by atomic mass is 16.2. The first kappa shape index (κ1) is 18.0. The van der Waals surface area contributed by atoms with Crippen LogP contribution in [0.4, 0.5) is 0 Å². The summed E-state index contributed by atoms with van der Waals surface area (Å²) in [4.78, 5) is 24.6. The molecule has 1 aliphatic rings. The van der Waals surface area contributed by atoms with E-state index in [1.807, 2.05) is 41.5 Å². The molecule has 3 N–H and O–H groups in total. The number of primary amides is 1. The third-order valence-electron chi connectivity index (χ3n) is 4.06. The molecular weight excluding hydrogens is 264 g/mol. The zero-order valence-corrected chi connectivity index (χ0v) is 14.5. The lowest BCUT2D eigenvalue weighted by atomic mass is 9.70. The second-order valence-corrected chi connectivity index (χ2v) is 8.61. The Morgan fingerprint density at radius 2 is 1.67 bits per heavy atom. The fraction of sp³-hybridized carbons (Fsp3) is 0.882. The van der Waals surface area contributed by atoms with E-state index < -0.39 is 0 Å². The smallest absolute Gasteiger partial charge is 0.224 e. The van der Waals surface area contributed by atoms with Crippen LogP contribution >= 0.6 is 0 Å². The quantitative estimate of drug-likeness (QED) is 0.791. The highest BCUT2D eigenvalue weighted by molar-refractivity contribution is 5.87. The summed E-state index contributed by atoms with van der Waals surface area (Å²) >= 11 is 0. The Balaban J connectivity index is 2.90. The average Bonchev–Trinajstić information content (AvgIpc) is 3.02. The van der Waals surface area contributed by atoms with Crippen LogP contribution in [0.25, 0.3) is 0 Å². The van der Waals surface area contributed by atoms with Gasteiger partial charge in [0.05, 0.1) is 5.92 Å². The largest absolute Gasteiger partial charge is 0.369 e. The number of carbonyl (C=O) groups is 2. The SMILES string of the molecule is CC(C)(C)NC(=O)C(C(CCC1CC1)C(N)=O)C(C)(C)C. The van der Waals surface area contributed by atoms with Crippen molar-refractivity contribution in [2.75, 3.05) is 0 Å². The molecule has 0 aromatic heterocycles. The molecule has 122 valence electrons. The van der Waals surface area contributed by atoms with E-state index in [1.54, 1.807) is 0 Å². The van der Waals surface area contributed by atoms with Gasteiger partial charge < -0.3 is 11.1 Å². The van der Waals surface area contributed by atoms with Gasteiger partial charge in [0.2, 0.25) is 11.8 Å². The summed E-state index contributed by atoms with van der Waals surface area (Å²) in [7, 11) is 0. The number of nitrogens with two attached hydrogens (primary N) is 1. The van der Waals surface area contributed by atoms with Gasteiger partial charge in [-0.3, -0.25) is 9.59 Å². The summed E-state index contributed by atoms with van der Waals surface area (Å²) in [6.07, 6.45) is 4.22. The maximum atomic E-state index is 12.7. The Bertz CT molecular complexity index is 387. The maximum absolute atomic E-state index is 12.7. The van der Waals surface area contributed by atoms with Crippen molar-refractivity contribution in [1.29, 1.82) is 0 Å². The summed E-state index contributed by atoms with van der Waals surface area (Å²) in [6, 6.07) is 0. The predicted molar refractivity (Wildman–Crippen MR) is 85.5 cm³/mol. The summed E-state index contributed by atoms with van der Waals surface area (Å²) < 4.78 is 0. The third-order valence-corrected chi connectivity index (χ3v) is 4.06. The monoisotopic (exact) mass is 296 g/mol. The molecule has 0 bridgehead atoms. The number of hydrogen-bond acceptors (Lipinski definition) is 2.